The fourth-order valence-electron chi connectivity index (χ4n) is 1.14. The van der Waals surface area contributed by atoms with Crippen molar-refractivity contribution in [3.8, 4) is 0 Å². The first-order chi connectivity index (χ1) is 6.09. The Bertz CT molecular complexity index is 256. The molecule has 72 valence electrons. The molecule has 1 rings (SSSR count). The second kappa shape index (κ2) is 4.61. The Hall–Kier alpha value is -0.570. The number of aliphatic hydroxyl groups is 2. The summed E-state index contributed by atoms with van der Waals surface area (Å²) in [5.74, 6) is 0. The van der Waals surface area contributed by atoms with Gasteiger partial charge in [-0.05, 0) is 24.6 Å². The van der Waals surface area contributed by atoms with Gasteiger partial charge in [0.1, 0.15) is 0 Å². The minimum absolute atomic E-state index is 0.349. The molecule has 3 heteroatoms. The summed E-state index contributed by atoms with van der Waals surface area (Å²) in [5.41, 5.74) is 0.783. The summed E-state index contributed by atoms with van der Waals surface area (Å²) >= 11 is 5.69. The van der Waals surface area contributed by atoms with E-state index in [1.165, 1.54) is 0 Å². The fraction of sp³-hybridized carbons (Fsp3) is 0.400. The molecule has 0 saturated carbocycles. The molecule has 2 nitrogen and oxygen atoms in total. The van der Waals surface area contributed by atoms with Crippen LogP contribution in [0.5, 0.6) is 0 Å². The summed E-state index contributed by atoms with van der Waals surface area (Å²) in [6.45, 7) is 1.65. The van der Waals surface area contributed by atoms with Crippen LogP contribution in [0.3, 0.4) is 0 Å². The van der Waals surface area contributed by atoms with Gasteiger partial charge in [-0.3, -0.25) is 0 Å². The molecule has 0 aliphatic rings. The Morgan fingerprint density at radius 1 is 1.23 bits per heavy atom. The maximum atomic E-state index is 9.58. The van der Waals surface area contributed by atoms with Gasteiger partial charge in [-0.25, -0.2) is 0 Å². The second-order valence-corrected chi connectivity index (χ2v) is 3.59. The SMILES string of the molecule is C[C@@H](O)C[C@@H](O)c1ccc(Cl)cc1. The first-order valence-electron chi connectivity index (χ1n) is 4.21. The predicted molar refractivity (Wildman–Crippen MR) is 52.7 cm³/mol. The average Bonchev–Trinajstić information content (AvgIpc) is 2.04. The molecule has 0 saturated heterocycles. The topological polar surface area (TPSA) is 40.5 Å². The van der Waals surface area contributed by atoms with Crippen LogP contribution in [-0.4, -0.2) is 16.3 Å². The summed E-state index contributed by atoms with van der Waals surface area (Å²) in [6.07, 6.45) is -0.760. The summed E-state index contributed by atoms with van der Waals surface area (Å²) in [5, 5.41) is 19.3. The molecule has 1 aromatic rings. The Balaban J connectivity index is 2.66. The van der Waals surface area contributed by atoms with Gasteiger partial charge >= 0.3 is 0 Å². The molecule has 0 aromatic heterocycles. The van der Waals surface area contributed by atoms with E-state index in [0.29, 0.717) is 11.4 Å². The molecule has 2 atom stereocenters. The van der Waals surface area contributed by atoms with Crippen molar-refractivity contribution < 1.29 is 10.2 Å². The first kappa shape index (κ1) is 10.5. The van der Waals surface area contributed by atoms with Gasteiger partial charge in [-0.2, -0.15) is 0 Å². The fourth-order valence-corrected chi connectivity index (χ4v) is 1.27. The first-order valence-corrected chi connectivity index (χ1v) is 4.59. The maximum Gasteiger partial charge on any atom is 0.0814 e. The highest BCUT2D eigenvalue weighted by molar-refractivity contribution is 6.30. The second-order valence-electron chi connectivity index (χ2n) is 3.15. The largest absolute Gasteiger partial charge is 0.393 e. The van der Waals surface area contributed by atoms with Crippen LogP contribution in [0.2, 0.25) is 5.02 Å². The van der Waals surface area contributed by atoms with Crippen LogP contribution in [0.25, 0.3) is 0 Å². The van der Waals surface area contributed by atoms with Crippen LogP contribution in [0, 0.1) is 0 Å². The van der Waals surface area contributed by atoms with E-state index in [4.69, 9.17) is 16.7 Å². The van der Waals surface area contributed by atoms with Crippen molar-refractivity contribution in [3.05, 3.63) is 34.9 Å². The Kier molecular flexibility index (Phi) is 3.72. The molecule has 0 aliphatic carbocycles. The summed E-state index contributed by atoms with van der Waals surface area (Å²) in [4.78, 5) is 0. The standard InChI is InChI=1S/C10H13ClO2/c1-7(12)6-10(13)8-2-4-9(11)5-3-8/h2-5,7,10,12-13H,6H2,1H3/t7-,10-/m1/s1. The van der Waals surface area contributed by atoms with Crippen molar-refractivity contribution in [2.75, 3.05) is 0 Å². The lowest BCUT2D eigenvalue weighted by Gasteiger charge is -2.12. The molecule has 2 N–H and O–H groups in total. The van der Waals surface area contributed by atoms with Gasteiger partial charge in [-0.1, -0.05) is 23.7 Å². The van der Waals surface area contributed by atoms with Crippen molar-refractivity contribution in [1.82, 2.24) is 0 Å². The molecule has 0 amide bonds. The summed E-state index contributed by atoms with van der Waals surface area (Å²) in [6, 6.07) is 6.97. The highest BCUT2D eigenvalue weighted by Gasteiger charge is 2.09. The van der Waals surface area contributed by atoms with Crippen molar-refractivity contribution in [1.29, 1.82) is 0 Å². The minimum atomic E-state index is -0.614. The lowest BCUT2D eigenvalue weighted by molar-refractivity contribution is 0.0907. The Labute approximate surface area is 82.8 Å². The van der Waals surface area contributed by atoms with E-state index in [1.807, 2.05) is 0 Å². The zero-order chi connectivity index (χ0) is 9.84. The van der Waals surface area contributed by atoms with Gasteiger partial charge in [0.25, 0.3) is 0 Å². The Morgan fingerprint density at radius 2 is 1.77 bits per heavy atom. The third-order valence-electron chi connectivity index (χ3n) is 1.82. The van der Waals surface area contributed by atoms with Gasteiger partial charge in [0.05, 0.1) is 12.2 Å². The highest BCUT2D eigenvalue weighted by Crippen LogP contribution is 2.20. The zero-order valence-corrected chi connectivity index (χ0v) is 8.20. The van der Waals surface area contributed by atoms with E-state index in [0.717, 1.165) is 5.56 Å². The van der Waals surface area contributed by atoms with Crippen LogP contribution in [0.1, 0.15) is 25.0 Å². The van der Waals surface area contributed by atoms with E-state index >= 15 is 0 Å². The minimum Gasteiger partial charge on any atom is -0.393 e. The molecule has 0 heterocycles. The third kappa shape index (κ3) is 3.35. The van der Waals surface area contributed by atoms with Gasteiger partial charge in [0.15, 0.2) is 0 Å². The molecule has 0 unspecified atom stereocenters. The smallest absolute Gasteiger partial charge is 0.0814 e. The zero-order valence-electron chi connectivity index (χ0n) is 7.44. The predicted octanol–water partition coefficient (Wildman–Crippen LogP) is 2.14. The Morgan fingerprint density at radius 3 is 2.23 bits per heavy atom. The molecule has 0 fully saturated rings. The number of aliphatic hydroxyl groups excluding tert-OH is 2. The average molecular weight is 201 g/mol. The van der Waals surface area contributed by atoms with E-state index in [9.17, 15) is 5.11 Å². The molecule has 13 heavy (non-hydrogen) atoms. The highest BCUT2D eigenvalue weighted by atomic mass is 35.5. The van der Waals surface area contributed by atoms with Crippen LogP contribution in [0.4, 0.5) is 0 Å². The maximum absolute atomic E-state index is 9.58. The van der Waals surface area contributed by atoms with Crippen molar-refractivity contribution in [2.45, 2.75) is 25.6 Å². The summed E-state index contributed by atoms with van der Waals surface area (Å²) in [7, 11) is 0. The quantitative estimate of drug-likeness (QED) is 0.785. The van der Waals surface area contributed by atoms with Crippen LogP contribution < -0.4 is 0 Å². The van der Waals surface area contributed by atoms with Crippen LogP contribution in [-0.2, 0) is 0 Å². The van der Waals surface area contributed by atoms with Crippen LogP contribution in [0.15, 0.2) is 24.3 Å². The normalized spacial score (nSPS) is 15.4. The molecular weight excluding hydrogens is 188 g/mol. The van der Waals surface area contributed by atoms with Crippen molar-refractivity contribution in [2.24, 2.45) is 0 Å². The van der Waals surface area contributed by atoms with Crippen molar-refractivity contribution in [3.63, 3.8) is 0 Å². The molecule has 0 aliphatic heterocycles. The van der Waals surface area contributed by atoms with Crippen molar-refractivity contribution >= 4 is 11.6 Å². The van der Waals surface area contributed by atoms with Gasteiger partial charge in [0, 0.05) is 11.4 Å². The molecule has 1 aromatic carbocycles. The van der Waals surface area contributed by atoms with Gasteiger partial charge in [0.2, 0.25) is 0 Å². The van der Waals surface area contributed by atoms with Gasteiger partial charge < -0.3 is 10.2 Å². The van der Waals surface area contributed by atoms with E-state index in [2.05, 4.69) is 0 Å². The van der Waals surface area contributed by atoms with E-state index in [1.54, 1.807) is 31.2 Å². The number of halogens is 1. The lowest BCUT2D eigenvalue weighted by Crippen LogP contribution is -2.07. The third-order valence-corrected chi connectivity index (χ3v) is 2.07. The molecule has 0 radical (unpaired) electrons. The van der Waals surface area contributed by atoms with E-state index in [-0.39, 0.29) is 0 Å². The molecule has 0 spiro atoms. The number of rotatable bonds is 3. The lowest BCUT2D eigenvalue weighted by atomic mass is 10.0. The van der Waals surface area contributed by atoms with Crippen LogP contribution >= 0.6 is 11.6 Å². The molecule has 0 bridgehead atoms. The summed E-state index contributed by atoms with van der Waals surface area (Å²) < 4.78 is 0. The number of hydrogen-bond donors (Lipinski definition) is 2. The number of hydrogen-bond acceptors (Lipinski definition) is 2. The molecular formula is C10H13ClO2. The number of benzene rings is 1. The van der Waals surface area contributed by atoms with Gasteiger partial charge in [-0.15, -0.1) is 0 Å². The van der Waals surface area contributed by atoms with E-state index < -0.39 is 12.2 Å². The monoisotopic (exact) mass is 200 g/mol.